The van der Waals surface area contributed by atoms with Crippen molar-refractivity contribution in [2.24, 2.45) is 0 Å². The molecule has 0 aliphatic carbocycles. The first-order chi connectivity index (χ1) is 8.89. The van der Waals surface area contributed by atoms with Gasteiger partial charge in [0.2, 0.25) is 0 Å². The molecule has 4 nitrogen and oxygen atoms in total. The van der Waals surface area contributed by atoms with Gasteiger partial charge in [0.15, 0.2) is 0 Å². The predicted octanol–water partition coefficient (Wildman–Crippen LogP) is 2.86. The number of rotatable bonds is 2. The normalized spacial score (nSPS) is 11.3. The number of aromatic nitrogens is 2. The largest absolute Gasteiger partial charge is 0.477 e. The molecule has 0 atom stereocenters. The van der Waals surface area contributed by atoms with E-state index in [9.17, 15) is 18.0 Å². The second-order valence-corrected chi connectivity index (χ2v) is 3.61. The smallest absolute Gasteiger partial charge is 0.418 e. The summed E-state index contributed by atoms with van der Waals surface area (Å²) in [4.78, 5) is 18.1. The molecule has 0 spiro atoms. The van der Waals surface area contributed by atoms with Crippen LogP contribution in [-0.2, 0) is 6.18 Å². The van der Waals surface area contributed by atoms with E-state index in [-0.39, 0.29) is 5.69 Å². The molecule has 0 saturated carbocycles. The zero-order chi connectivity index (χ0) is 14.0. The highest BCUT2D eigenvalue weighted by atomic mass is 19.4. The Bertz CT molecular complexity index is 612. The summed E-state index contributed by atoms with van der Waals surface area (Å²) in [6.07, 6.45) is -3.32. The molecule has 2 aromatic rings. The molecule has 98 valence electrons. The predicted molar refractivity (Wildman–Crippen MR) is 59.4 cm³/mol. The van der Waals surface area contributed by atoms with Gasteiger partial charge < -0.3 is 5.11 Å². The molecule has 0 amide bonds. The van der Waals surface area contributed by atoms with Crippen LogP contribution in [0.1, 0.15) is 16.1 Å². The molecule has 2 aromatic heterocycles. The van der Waals surface area contributed by atoms with Crippen molar-refractivity contribution in [1.29, 1.82) is 0 Å². The van der Waals surface area contributed by atoms with Crippen LogP contribution in [0.5, 0.6) is 0 Å². The average molecular weight is 268 g/mol. The number of nitrogens with zero attached hydrogens (tertiary/aromatic N) is 2. The molecular formula is C12H7F3N2O2. The van der Waals surface area contributed by atoms with Gasteiger partial charge in [-0.05, 0) is 24.3 Å². The van der Waals surface area contributed by atoms with E-state index in [1.54, 1.807) is 0 Å². The summed E-state index contributed by atoms with van der Waals surface area (Å²) in [6, 6.07) is 5.89. The van der Waals surface area contributed by atoms with Gasteiger partial charge in [-0.15, -0.1) is 0 Å². The third-order valence-electron chi connectivity index (χ3n) is 2.33. The van der Waals surface area contributed by atoms with Crippen molar-refractivity contribution >= 4 is 5.97 Å². The van der Waals surface area contributed by atoms with Gasteiger partial charge in [0.1, 0.15) is 11.4 Å². The Hall–Kier alpha value is -2.44. The van der Waals surface area contributed by atoms with Crippen LogP contribution >= 0.6 is 0 Å². The minimum absolute atomic E-state index is 0.0297. The Morgan fingerprint density at radius 2 is 1.89 bits per heavy atom. The maximum absolute atomic E-state index is 12.9. The number of pyridine rings is 2. The summed E-state index contributed by atoms with van der Waals surface area (Å²) >= 11 is 0. The van der Waals surface area contributed by atoms with Gasteiger partial charge in [0, 0.05) is 6.20 Å². The summed E-state index contributed by atoms with van der Waals surface area (Å²) in [5.41, 5.74) is -2.00. The maximum Gasteiger partial charge on any atom is 0.418 e. The number of carbonyl (C=O) groups is 1. The van der Waals surface area contributed by atoms with Crippen LogP contribution in [0.3, 0.4) is 0 Å². The molecule has 2 rings (SSSR count). The quantitative estimate of drug-likeness (QED) is 0.909. The van der Waals surface area contributed by atoms with Crippen molar-refractivity contribution < 1.29 is 23.1 Å². The van der Waals surface area contributed by atoms with Gasteiger partial charge in [-0.1, -0.05) is 6.07 Å². The minimum atomic E-state index is -4.63. The first kappa shape index (κ1) is 13.0. The van der Waals surface area contributed by atoms with Crippen molar-refractivity contribution in [2.75, 3.05) is 0 Å². The topological polar surface area (TPSA) is 63.1 Å². The summed E-state index contributed by atoms with van der Waals surface area (Å²) in [5.74, 6) is -1.40. The van der Waals surface area contributed by atoms with E-state index in [1.807, 2.05) is 0 Å². The zero-order valence-electron chi connectivity index (χ0n) is 9.35. The number of aromatic carboxylic acids is 1. The lowest BCUT2D eigenvalue weighted by Crippen LogP contribution is -2.11. The molecular weight excluding hydrogens is 261 g/mol. The number of hydrogen-bond acceptors (Lipinski definition) is 3. The van der Waals surface area contributed by atoms with Crippen molar-refractivity contribution in [3.63, 3.8) is 0 Å². The van der Waals surface area contributed by atoms with Crippen molar-refractivity contribution in [1.82, 2.24) is 9.97 Å². The van der Waals surface area contributed by atoms with E-state index >= 15 is 0 Å². The number of carboxylic acids is 1. The van der Waals surface area contributed by atoms with E-state index in [0.717, 1.165) is 6.07 Å². The van der Waals surface area contributed by atoms with Crippen LogP contribution in [0.4, 0.5) is 13.2 Å². The van der Waals surface area contributed by atoms with Gasteiger partial charge >= 0.3 is 12.1 Å². The molecule has 0 aliphatic heterocycles. The zero-order valence-corrected chi connectivity index (χ0v) is 9.35. The van der Waals surface area contributed by atoms with E-state index in [4.69, 9.17) is 5.11 Å². The maximum atomic E-state index is 12.9. The average Bonchev–Trinajstić information content (AvgIpc) is 2.38. The highest BCUT2D eigenvalue weighted by Crippen LogP contribution is 2.35. The molecule has 0 unspecified atom stereocenters. The molecule has 1 N–H and O–H groups in total. The molecule has 0 bridgehead atoms. The first-order valence-electron chi connectivity index (χ1n) is 5.12. The van der Waals surface area contributed by atoms with Crippen molar-refractivity contribution in [3.8, 4) is 11.4 Å². The van der Waals surface area contributed by atoms with Crippen LogP contribution in [0.2, 0.25) is 0 Å². The van der Waals surface area contributed by atoms with E-state index < -0.39 is 29.1 Å². The van der Waals surface area contributed by atoms with Gasteiger partial charge in [0.05, 0.1) is 11.3 Å². The van der Waals surface area contributed by atoms with Crippen LogP contribution in [0, 0.1) is 0 Å². The monoisotopic (exact) mass is 268 g/mol. The molecule has 19 heavy (non-hydrogen) atoms. The third-order valence-corrected chi connectivity index (χ3v) is 2.33. The Morgan fingerprint density at radius 3 is 2.42 bits per heavy atom. The Morgan fingerprint density at radius 1 is 1.16 bits per heavy atom. The molecule has 0 aliphatic rings. The molecule has 0 aromatic carbocycles. The minimum Gasteiger partial charge on any atom is -0.477 e. The van der Waals surface area contributed by atoms with Gasteiger partial charge in [-0.25, -0.2) is 9.78 Å². The highest BCUT2D eigenvalue weighted by molar-refractivity contribution is 5.86. The lowest BCUT2D eigenvalue weighted by molar-refractivity contribution is -0.137. The number of halogens is 3. The second kappa shape index (κ2) is 4.68. The highest BCUT2D eigenvalue weighted by Gasteiger charge is 2.35. The van der Waals surface area contributed by atoms with Crippen LogP contribution < -0.4 is 0 Å². The van der Waals surface area contributed by atoms with Crippen LogP contribution in [0.15, 0.2) is 36.5 Å². The summed E-state index contributed by atoms with van der Waals surface area (Å²) in [5, 5.41) is 8.79. The van der Waals surface area contributed by atoms with E-state index in [0.29, 0.717) is 6.07 Å². The Kier molecular flexibility index (Phi) is 3.20. The lowest BCUT2D eigenvalue weighted by Gasteiger charge is -2.11. The molecule has 7 heteroatoms. The third kappa shape index (κ3) is 2.70. The fourth-order valence-corrected chi connectivity index (χ4v) is 1.51. The fraction of sp³-hybridized carbons (Fsp3) is 0.0833. The fourth-order valence-electron chi connectivity index (χ4n) is 1.51. The van der Waals surface area contributed by atoms with Crippen molar-refractivity contribution in [2.45, 2.75) is 6.18 Å². The van der Waals surface area contributed by atoms with E-state index in [2.05, 4.69) is 9.97 Å². The number of carboxylic acid groups (broad SMARTS) is 1. The van der Waals surface area contributed by atoms with Gasteiger partial charge in [0.25, 0.3) is 0 Å². The number of alkyl halides is 3. The molecule has 0 fully saturated rings. The molecule has 2 heterocycles. The second-order valence-electron chi connectivity index (χ2n) is 3.61. The SMILES string of the molecule is O=C(O)c1ccc(C(F)(F)F)c(-c2ccccn2)n1. The van der Waals surface area contributed by atoms with Gasteiger partial charge in [-0.2, -0.15) is 13.2 Å². The molecule has 0 saturated heterocycles. The van der Waals surface area contributed by atoms with Crippen LogP contribution in [-0.4, -0.2) is 21.0 Å². The lowest BCUT2D eigenvalue weighted by atomic mass is 10.1. The van der Waals surface area contributed by atoms with Gasteiger partial charge in [-0.3, -0.25) is 4.98 Å². The first-order valence-corrected chi connectivity index (χ1v) is 5.12. The Labute approximate surface area is 105 Å². The van der Waals surface area contributed by atoms with Crippen LogP contribution in [0.25, 0.3) is 11.4 Å². The summed E-state index contributed by atoms with van der Waals surface area (Å²) in [6.45, 7) is 0. The van der Waals surface area contributed by atoms with E-state index in [1.165, 1.54) is 24.4 Å². The number of hydrogen-bond donors (Lipinski definition) is 1. The molecule has 0 radical (unpaired) electrons. The summed E-state index contributed by atoms with van der Waals surface area (Å²) < 4.78 is 38.6. The standard InChI is InChI=1S/C12H7F3N2O2/c13-12(14,15)7-4-5-9(11(18)19)17-10(7)8-3-1-2-6-16-8/h1-6H,(H,18,19). The summed E-state index contributed by atoms with van der Waals surface area (Å²) in [7, 11) is 0. The van der Waals surface area contributed by atoms with Crippen molar-refractivity contribution in [3.05, 3.63) is 47.8 Å². The Balaban J connectivity index is 2.67.